The van der Waals surface area contributed by atoms with E-state index in [4.69, 9.17) is 0 Å². The molecule has 0 aliphatic carbocycles. The largest absolute Gasteiger partial charge is 0.416 e. The van der Waals surface area contributed by atoms with Crippen molar-refractivity contribution in [2.24, 2.45) is 0 Å². The van der Waals surface area contributed by atoms with Crippen molar-refractivity contribution in [1.82, 2.24) is 9.80 Å². The summed E-state index contributed by atoms with van der Waals surface area (Å²) in [7, 11) is 0. The van der Waals surface area contributed by atoms with E-state index in [-0.39, 0.29) is 0 Å². The molecule has 4 rings (SSSR count). The fourth-order valence-electron chi connectivity index (χ4n) is 4.65. The molecule has 0 spiro atoms. The molecule has 0 bridgehead atoms. The van der Waals surface area contributed by atoms with E-state index in [1.165, 1.54) is 56.0 Å². The van der Waals surface area contributed by atoms with Crippen molar-refractivity contribution in [3.8, 4) is 0 Å². The van der Waals surface area contributed by atoms with E-state index < -0.39 is 11.7 Å². The molecular formula is C20H28F3N3S. The van der Waals surface area contributed by atoms with Crippen LogP contribution in [0.2, 0.25) is 0 Å². The van der Waals surface area contributed by atoms with Crippen molar-refractivity contribution in [3.05, 3.63) is 29.8 Å². The van der Waals surface area contributed by atoms with Gasteiger partial charge in [0.2, 0.25) is 0 Å². The van der Waals surface area contributed by atoms with Gasteiger partial charge in [0.25, 0.3) is 0 Å². The van der Waals surface area contributed by atoms with Gasteiger partial charge in [-0.2, -0.15) is 24.9 Å². The highest BCUT2D eigenvalue weighted by Gasteiger charge is 2.33. The normalized spacial score (nSPS) is 26.6. The predicted molar refractivity (Wildman–Crippen MR) is 106 cm³/mol. The molecule has 0 amide bonds. The predicted octanol–water partition coefficient (Wildman–Crippen LogP) is 3.80. The van der Waals surface area contributed by atoms with Crippen LogP contribution in [0.15, 0.2) is 24.3 Å². The number of rotatable bonds is 3. The van der Waals surface area contributed by atoms with Crippen molar-refractivity contribution >= 4 is 17.4 Å². The summed E-state index contributed by atoms with van der Waals surface area (Å²) in [6.07, 6.45) is -0.482. The minimum atomic E-state index is -4.27. The zero-order valence-electron chi connectivity index (χ0n) is 15.6. The Labute approximate surface area is 163 Å². The highest BCUT2D eigenvalue weighted by molar-refractivity contribution is 7.99. The molecule has 0 radical (unpaired) electrons. The van der Waals surface area contributed by atoms with Gasteiger partial charge in [-0.15, -0.1) is 0 Å². The maximum Gasteiger partial charge on any atom is 0.416 e. The van der Waals surface area contributed by atoms with E-state index in [9.17, 15) is 13.2 Å². The first-order valence-corrected chi connectivity index (χ1v) is 11.1. The highest BCUT2D eigenvalue weighted by atomic mass is 32.2. The third-order valence-corrected chi connectivity index (χ3v) is 7.44. The Bertz CT molecular complexity index is 617. The second kappa shape index (κ2) is 8.21. The lowest BCUT2D eigenvalue weighted by molar-refractivity contribution is -0.137. The number of likely N-dealkylation sites (tertiary alicyclic amines) is 1. The minimum absolute atomic E-state index is 0.556. The lowest BCUT2D eigenvalue weighted by atomic mass is 10.00. The highest BCUT2D eigenvalue weighted by Crippen LogP contribution is 2.32. The van der Waals surface area contributed by atoms with Crippen LogP contribution in [0.3, 0.4) is 0 Å². The molecule has 3 aliphatic rings. The molecule has 27 heavy (non-hydrogen) atoms. The molecule has 150 valence electrons. The molecule has 3 heterocycles. The summed E-state index contributed by atoms with van der Waals surface area (Å²) in [6, 6.07) is 7.17. The van der Waals surface area contributed by atoms with Crippen LogP contribution in [0.5, 0.6) is 0 Å². The van der Waals surface area contributed by atoms with Gasteiger partial charge in [0, 0.05) is 49.7 Å². The summed E-state index contributed by atoms with van der Waals surface area (Å²) in [6.45, 7) is 5.90. The third kappa shape index (κ3) is 4.57. The van der Waals surface area contributed by atoms with E-state index in [1.54, 1.807) is 6.07 Å². The summed E-state index contributed by atoms with van der Waals surface area (Å²) in [5.41, 5.74) is 0.137. The molecule has 1 aromatic carbocycles. The topological polar surface area (TPSA) is 9.72 Å². The van der Waals surface area contributed by atoms with E-state index in [2.05, 4.69) is 26.5 Å². The number of nitrogens with zero attached hydrogens (tertiary/aromatic N) is 3. The summed E-state index contributed by atoms with van der Waals surface area (Å²) >= 11 is 2.08. The van der Waals surface area contributed by atoms with Crippen LogP contribution in [0.25, 0.3) is 0 Å². The zero-order valence-corrected chi connectivity index (χ0v) is 16.4. The molecule has 7 heteroatoms. The van der Waals surface area contributed by atoms with Crippen LogP contribution < -0.4 is 4.90 Å². The van der Waals surface area contributed by atoms with Crippen molar-refractivity contribution in [2.45, 2.75) is 37.5 Å². The van der Waals surface area contributed by atoms with Gasteiger partial charge >= 0.3 is 6.18 Å². The summed E-state index contributed by atoms with van der Waals surface area (Å²) in [5.74, 6) is 2.60. The molecule has 0 saturated carbocycles. The molecule has 3 fully saturated rings. The maximum absolute atomic E-state index is 13.0. The Morgan fingerprint density at radius 1 is 0.852 bits per heavy atom. The Hall–Kier alpha value is -0.920. The van der Waals surface area contributed by atoms with Gasteiger partial charge in [-0.25, -0.2) is 0 Å². The summed E-state index contributed by atoms with van der Waals surface area (Å²) < 4.78 is 38.9. The standard InChI is InChI=1S/C20H28F3N3S/c21-20(22,23)16-2-1-3-18(14-16)26-11-9-25(10-12-26)17-4-7-24(8-5-17)19-6-13-27-15-19/h1-3,14,17,19H,4-13,15H2/t19-/m0/s1. The van der Waals surface area contributed by atoms with Gasteiger partial charge in [-0.1, -0.05) is 6.07 Å². The first kappa shape index (κ1) is 19.4. The molecule has 3 nitrogen and oxygen atoms in total. The van der Waals surface area contributed by atoms with Crippen LogP contribution in [-0.2, 0) is 6.18 Å². The Morgan fingerprint density at radius 2 is 1.56 bits per heavy atom. The van der Waals surface area contributed by atoms with E-state index >= 15 is 0 Å². The number of piperidine rings is 1. The van der Waals surface area contributed by atoms with Gasteiger partial charge in [-0.3, -0.25) is 9.80 Å². The van der Waals surface area contributed by atoms with Crippen LogP contribution >= 0.6 is 11.8 Å². The van der Waals surface area contributed by atoms with Gasteiger partial charge < -0.3 is 4.90 Å². The van der Waals surface area contributed by atoms with Gasteiger partial charge in [0.05, 0.1) is 5.56 Å². The van der Waals surface area contributed by atoms with Crippen LogP contribution in [0, 0.1) is 0 Å². The number of benzene rings is 1. The molecule has 1 aromatic rings. The molecule has 0 unspecified atom stereocenters. The number of hydrogen-bond acceptors (Lipinski definition) is 4. The molecule has 1 atom stereocenters. The van der Waals surface area contributed by atoms with Crippen molar-refractivity contribution in [3.63, 3.8) is 0 Å². The average molecular weight is 400 g/mol. The average Bonchev–Trinajstić information content (AvgIpc) is 3.23. The lowest BCUT2D eigenvalue weighted by Crippen LogP contribution is -2.54. The molecule has 0 aromatic heterocycles. The second-order valence-corrected chi connectivity index (χ2v) is 9.01. The van der Waals surface area contributed by atoms with Gasteiger partial charge in [0.15, 0.2) is 0 Å². The first-order valence-electron chi connectivity index (χ1n) is 9.99. The van der Waals surface area contributed by atoms with Crippen molar-refractivity contribution in [2.75, 3.05) is 55.7 Å². The van der Waals surface area contributed by atoms with Crippen LogP contribution in [0.1, 0.15) is 24.8 Å². The smallest absolute Gasteiger partial charge is 0.369 e. The fourth-order valence-corrected chi connectivity index (χ4v) is 5.91. The number of thioether (sulfide) groups is 1. The van der Waals surface area contributed by atoms with E-state index in [0.29, 0.717) is 11.7 Å². The zero-order chi connectivity index (χ0) is 18.9. The molecule has 0 N–H and O–H groups in total. The number of halogens is 3. The summed E-state index contributed by atoms with van der Waals surface area (Å²) in [5, 5.41) is 0. The Morgan fingerprint density at radius 3 is 2.19 bits per heavy atom. The second-order valence-electron chi connectivity index (χ2n) is 7.86. The van der Waals surface area contributed by atoms with Crippen LogP contribution in [-0.4, -0.2) is 72.7 Å². The maximum atomic E-state index is 13.0. The van der Waals surface area contributed by atoms with Crippen molar-refractivity contribution < 1.29 is 13.2 Å². The molecular weight excluding hydrogens is 371 g/mol. The fraction of sp³-hybridized carbons (Fsp3) is 0.700. The third-order valence-electron chi connectivity index (χ3n) is 6.29. The van der Waals surface area contributed by atoms with E-state index in [1.807, 2.05) is 0 Å². The number of piperazine rings is 1. The number of hydrogen-bond donors (Lipinski definition) is 0. The summed E-state index contributed by atoms with van der Waals surface area (Å²) in [4.78, 5) is 7.33. The monoisotopic (exact) mass is 399 g/mol. The molecule has 3 aliphatic heterocycles. The molecule has 3 saturated heterocycles. The lowest BCUT2D eigenvalue weighted by Gasteiger charge is -2.44. The van der Waals surface area contributed by atoms with Gasteiger partial charge in [-0.05, 0) is 56.3 Å². The van der Waals surface area contributed by atoms with Crippen LogP contribution in [0.4, 0.5) is 18.9 Å². The Balaban J connectivity index is 1.28. The van der Waals surface area contributed by atoms with Gasteiger partial charge in [0.1, 0.15) is 0 Å². The first-order chi connectivity index (χ1) is 13.0. The Kier molecular flexibility index (Phi) is 5.90. The minimum Gasteiger partial charge on any atom is -0.369 e. The SMILES string of the molecule is FC(F)(F)c1cccc(N2CCN(C3CCN([C@H]4CCSC4)CC3)CC2)c1. The number of alkyl halides is 3. The number of anilines is 1. The quantitative estimate of drug-likeness (QED) is 0.765. The van der Waals surface area contributed by atoms with E-state index in [0.717, 1.165) is 38.3 Å². The van der Waals surface area contributed by atoms with Crippen molar-refractivity contribution in [1.29, 1.82) is 0 Å².